The van der Waals surface area contributed by atoms with Crippen LogP contribution in [0.1, 0.15) is 62.5 Å². The summed E-state index contributed by atoms with van der Waals surface area (Å²) in [6.07, 6.45) is 2.65. The third-order valence-electron chi connectivity index (χ3n) is 4.64. The van der Waals surface area contributed by atoms with Crippen LogP contribution < -0.4 is 5.32 Å². The molecule has 0 aliphatic carbocycles. The Kier molecular flexibility index (Phi) is 8.05. The molecule has 1 N–H and O–H groups in total. The molecule has 0 radical (unpaired) electrons. The maximum atomic E-state index is 12.7. The first-order valence-corrected chi connectivity index (χ1v) is 10.2. The minimum absolute atomic E-state index is 0.114. The van der Waals surface area contributed by atoms with Crippen molar-refractivity contribution in [3.8, 4) is 5.69 Å². The Morgan fingerprint density at radius 2 is 1.82 bits per heavy atom. The molecule has 28 heavy (non-hydrogen) atoms. The van der Waals surface area contributed by atoms with Crippen LogP contribution in [0, 0.1) is 0 Å². The number of amides is 2. The fourth-order valence-corrected chi connectivity index (χ4v) is 3.27. The molecular formula is C21H29ClN4O2. The van der Waals surface area contributed by atoms with Crippen LogP contribution >= 0.6 is 11.6 Å². The van der Waals surface area contributed by atoms with Crippen molar-refractivity contribution in [3.05, 3.63) is 46.7 Å². The van der Waals surface area contributed by atoms with E-state index in [0.29, 0.717) is 43.1 Å². The molecule has 0 bridgehead atoms. The number of nitrogens with zero attached hydrogens (tertiary/aromatic N) is 3. The summed E-state index contributed by atoms with van der Waals surface area (Å²) in [5.41, 5.74) is 2.26. The molecule has 1 aromatic carbocycles. The molecule has 1 heterocycles. The van der Waals surface area contributed by atoms with Gasteiger partial charge < -0.3 is 10.2 Å². The van der Waals surface area contributed by atoms with Gasteiger partial charge in [0.25, 0.3) is 5.91 Å². The Hall–Kier alpha value is -2.34. The second-order valence-electron chi connectivity index (χ2n) is 6.91. The Morgan fingerprint density at radius 3 is 2.39 bits per heavy atom. The quantitative estimate of drug-likeness (QED) is 0.641. The number of benzene rings is 1. The number of carbonyl (C=O) groups excluding carboxylic acids is 2. The van der Waals surface area contributed by atoms with Gasteiger partial charge in [-0.15, -0.1) is 0 Å². The lowest BCUT2D eigenvalue weighted by molar-refractivity contribution is -0.130. The largest absolute Gasteiger partial charge is 0.352 e. The first kappa shape index (κ1) is 22.0. The van der Waals surface area contributed by atoms with E-state index in [1.807, 2.05) is 39.8 Å². The zero-order chi connectivity index (χ0) is 20.7. The molecule has 0 aliphatic rings. The van der Waals surface area contributed by atoms with Gasteiger partial charge in [-0.05, 0) is 50.5 Å². The van der Waals surface area contributed by atoms with Gasteiger partial charge in [-0.2, -0.15) is 5.10 Å². The zero-order valence-corrected chi connectivity index (χ0v) is 17.8. The van der Waals surface area contributed by atoms with Gasteiger partial charge in [0, 0.05) is 31.1 Å². The lowest BCUT2D eigenvalue weighted by Gasteiger charge is -2.18. The van der Waals surface area contributed by atoms with Crippen molar-refractivity contribution in [2.45, 2.75) is 46.5 Å². The highest BCUT2D eigenvalue weighted by molar-refractivity contribution is 6.30. The highest BCUT2D eigenvalue weighted by atomic mass is 35.5. The van der Waals surface area contributed by atoms with Crippen molar-refractivity contribution in [1.82, 2.24) is 20.0 Å². The molecule has 7 heteroatoms. The summed E-state index contributed by atoms with van der Waals surface area (Å²) in [7, 11) is 0. The highest BCUT2D eigenvalue weighted by Crippen LogP contribution is 2.24. The molecule has 1 aromatic heterocycles. The van der Waals surface area contributed by atoms with Crippen molar-refractivity contribution < 1.29 is 9.59 Å². The van der Waals surface area contributed by atoms with Crippen LogP contribution in [0.4, 0.5) is 0 Å². The summed E-state index contributed by atoms with van der Waals surface area (Å²) in [5, 5.41) is 7.98. The molecule has 2 rings (SSSR count). The maximum Gasteiger partial charge on any atom is 0.254 e. The molecule has 2 aromatic rings. The predicted octanol–water partition coefficient (Wildman–Crippen LogP) is 4.03. The Labute approximate surface area is 171 Å². The Morgan fingerprint density at radius 1 is 1.18 bits per heavy atom. The van der Waals surface area contributed by atoms with Crippen molar-refractivity contribution >= 4 is 23.4 Å². The average Bonchev–Trinajstić information content (AvgIpc) is 3.12. The van der Waals surface area contributed by atoms with Gasteiger partial charge in [0.2, 0.25) is 5.91 Å². The smallest absolute Gasteiger partial charge is 0.254 e. The fourth-order valence-electron chi connectivity index (χ4n) is 3.15. The summed E-state index contributed by atoms with van der Waals surface area (Å²) in [6, 6.07) is 7.36. The SMILES string of the molecule is CCN(CC)C(=O)CCCNC(=O)c1cnn(-c2ccc(Cl)cc2)c1C(C)C. The summed E-state index contributed by atoms with van der Waals surface area (Å²) >= 11 is 5.97. The highest BCUT2D eigenvalue weighted by Gasteiger charge is 2.20. The lowest BCUT2D eigenvalue weighted by atomic mass is 10.0. The number of hydrogen-bond donors (Lipinski definition) is 1. The monoisotopic (exact) mass is 404 g/mol. The molecule has 152 valence electrons. The van der Waals surface area contributed by atoms with Crippen molar-refractivity contribution in [2.75, 3.05) is 19.6 Å². The molecular weight excluding hydrogens is 376 g/mol. The summed E-state index contributed by atoms with van der Waals surface area (Å²) in [6.45, 7) is 9.87. The molecule has 0 saturated heterocycles. The predicted molar refractivity (Wildman–Crippen MR) is 112 cm³/mol. The third-order valence-corrected chi connectivity index (χ3v) is 4.89. The van der Waals surface area contributed by atoms with Crippen LogP contribution in [0.5, 0.6) is 0 Å². The van der Waals surface area contributed by atoms with E-state index >= 15 is 0 Å². The van der Waals surface area contributed by atoms with E-state index < -0.39 is 0 Å². The van der Waals surface area contributed by atoms with E-state index in [2.05, 4.69) is 10.4 Å². The number of nitrogens with one attached hydrogen (secondary N) is 1. The van der Waals surface area contributed by atoms with E-state index in [1.165, 1.54) is 0 Å². The molecule has 0 aliphatic heterocycles. The number of hydrogen-bond acceptors (Lipinski definition) is 3. The van der Waals surface area contributed by atoms with E-state index in [9.17, 15) is 9.59 Å². The first-order chi connectivity index (χ1) is 13.4. The minimum atomic E-state index is -0.167. The first-order valence-electron chi connectivity index (χ1n) is 9.78. The van der Waals surface area contributed by atoms with E-state index in [-0.39, 0.29) is 17.7 Å². The average molecular weight is 405 g/mol. The summed E-state index contributed by atoms with van der Waals surface area (Å²) in [4.78, 5) is 26.5. The minimum Gasteiger partial charge on any atom is -0.352 e. The molecule has 0 spiro atoms. The molecule has 2 amide bonds. The van der Waals surface area contributed by atoms with Crippen LogP contribution in [0.25, 0.3) is 5.69 Å². The van der Waals surface area contributed by atoms with Crippen LogP contribution in [0.2, 0.25) is 5.02 Å². The number of carbonyl (C=O) groups is 2. The fraction of sp³-hybridized carbons (Fsp3) is 0.476. The van der Waals surface area contributed by atoms with E-state index in [1.54, 1.807) is 27.9 Å². The van der Waals surface area contributed by atoms with Gasteiger partial charge >= 0.3 is 0 Å². The van der Waals surface area contributed by atoms with Crippen LogP contribution in [0.3, 0.4) is 0 Å². The maximum absolute atomic E-state index is 12.7. The van der Waals surface area contributed by atoms with Crippen molar-refractivity contribution in [2.24, 2.45) is 0 Å². The molecule has 0 unspecified atom stereocenters. The molecule has 0 fully saturated rings. The molecule has 0 atom stereocenters. The molecule has 6 nitrogen and oxygen atoms in total. The number of halogens is 1. The van der Waals surface area contributed by atoms with Crippen molar-refractivity contribution in [1.29, 1.82) is 0 Å². The van der Waals surface area contributed by atoms with Crippen LogP contribution in [-0.4, -0.2) is 46.1 Å². The van der Waals surface area contributed by atoms with Gasteiger partial charge in [-0.3, -0.25) is 9.59 Å². The van der Waals surface area contributed by atoms with E-state index in [0.717, 1.165) is 11.4 Å². The second-order valence-corrected chi connectivity index (χ2v) is 7.35. The number of aromatic nitrogens is 2. The third kappa shape index (κ3) is 5.35. The van der Waals surface area contributed by atoms with Crippen LogP contribution in [-0.2, 0) is 4.79 Å². The topological polar surface area (TPSA) is 67.2 Å². The second kappa shape index (κ2) is 10.3. The standard InChI is InChI=1S/C21H29ClN4O2/c1-5-25(6-2)19(27)8-7-13-23-21(28)18-14-24-26(20(18)15(3)4)17-11-9-16(22)10-12-17/h9-12,14-15H,5-8,13H2,1-4H3,(H,23,28). The number of rotatable bonds is 9. The Bertz CT molecular complexity index is 795. The van der Waals surface area contributed by atoms with Crippen LogP contribution in [0.15, 0.2) is 30.5 Å². The van der Waals surface area contributed by atoms with Crippen molar-refractivity contribution in [3.63, 3.8) is 0 Å². The molecule has 0 saturated carbocycles. The summed E-state index contributed by atoms with van der Waals surface area (Å²) in [5.74, 6) is 0.0695. The Balaban J connectivity index is 2.03. The van der Waals surface area contributed by atoms with Gasteiger partial charge in [-0.25, -0.2) is 4.68 Å². The van der Waals surface area contributed by atoms with E-state index in [4.69, 9.17) is 11.6 Å². The van der Waals surface area contributed by atoms with Gasteiger partial charge in [-0.1, -0.05) is 25.4 Å². The lowest BCUT2D eigenvalue weighted by Crippen LogP contribution is -2.31. The summed E-state index contributed by atoms with van der Waals surface area (Å²) < 4.78 is 1.78. The normalized spacial score (nSPS) is 10.9. The van der Waals surface area contributed by atoms with Gasteiger partial charge in [0.05, 0.1) is 23.1 Å². The van der Waals surface area contributed by atoms with Gasteiger partial charge in [0.1, 0.15) is 0 Å². The zero-order valence-electron chi connectivity index (χ0n) is 17.0. The van der Waals surface area contributed by atoms with Gasteiger partial charge in [0.15, 0.2) is 0 Å².